The zero-order chi connectivity index (χ0) is 7.52. The van der Waals surface area contributed by atoms with E-state index in [-0.39, 0.29) is 0 Å². The standard InChI is InChI=1S/C10H12N/c1-2-4-9-6-7-11-8-10(9)5-3-1/h7-8H,1-5H2. The smallest absolute Gasteiger partial charge is 0.0350 e. The van der Waals surface area contributed by atoms with Crippen LogP contribution >= 0.6 is 0 Å². The molecule has 1 aliphatic carbocycles. The predicted octanol–water partition coefficient (Wildman–Crippen LogP) is 2.15. The van der Waals surface area contributed by atoms with Gasteiger partial charge in [-0.2, -0.15) is 0 Å². The van der Waals surface area contributed by atoms with Crippen LogP contribution < -0.4 is 0 Å². The zero-order valence-corrected chi connectivity index (χ0v) is 6.64. The van der Waals surface area contributed by atoms with Crippen molar-refractivity contribution in [3.8, 4) is 0 Å². The first kappa shape index (κ1) is 6.84. The molecule has 1 heteroatoms. The summed E-state index contributed by atoms with van der Waals surface area (Å²) in [5.74, 6) is 0. The van der Waals surface area contributed by atoms with Gasteiger partial charge in [0.05, 0.1) is 0 Å². The largest absolute Gasteiger partial charge is 0.264 e. The van der Waals surface area contributed by atoms with Crippen molar-refractivity contribution in [2.24, 2.45) is 0 Å². The molecule has 0 unspecified atom stereocenters. The number of pyridine rings is 1. The first-order valence-corrected chi connectivity index (χ1v) is 4.30. The molecule has 1 heterocycles. The number of hydrogen-bond acceptors (Lipinski definition) is 1. The molecule has 0 spiro atoms. The Labute approximate surface area is 67.5 Å². The summed E-state index contributed by atoms with van der Waals surface area (Å²) in [6.07, 6.45) is 10.2. The van der Waals surface area contributed by atoms with E-state index in [1.165, 1.54) is 43.2 Å². The van der Waals surface area contributed by atoms with Crippen molar-refractivity contribution in [2.75, 3.05) is 0 Å². The molecule has 0 saturated carbocycles. The fourth-order valence-electron chi connectivity index (χ4n) is 1.66. The maximum absolute atomic E-state index is 4.08. The maximum atomic E-state index is 4.08. The number of hydrogen-bond donors (Lipinski definition) is 0. The van der Waals surface area contributed by atoms with Gasteiger partial charge in [-0.25, -0.2) is 0 Å². The Balaban J connectivity index is 2.33. The zero-order valence-electron chi connectivity index (χ0n) is 6.64. The fraction of sp³-hybridized carbons (Fsp3) is 0.500. The second kappa shape index (κ2) is 3.04. The Bertz CT molecular complexity index is 217. The van der Waals surface area contributed by atoms with Crippen LogP contribution in [0.4, 0.5) is 0 Å². The van der Waals surface area contributed by atoms with Crippen molar-refractivity contribution >= 4 is 0 Å². The van der Waals surface area contributed by atoms with Gasteiger partial charge in [-0.05, 0) is 36.8 Å². The molecule has 1 aromatic heterocycles. The van der Waals surface area contributed by atoms with Crippen LogP contribution in [0, 0.1) is 6.07 Å². The minimum absolute atomic E-state index is 1.21. The molecule has 0 N–H and O–H groups in total. The van der Waals surface area contributed by atoms with E-state index in [9.17, 15) is 0 Å². The Morgan fingerprint density at radius 1 is 1.18 bits per heavy atom. The van der Waals surface area contributed by atoms with Crippen molar-refractivity contribution in [2.45, 2.75) is 32.1 Å². The molecule has 0 atom stereocenters. The van der Waals surface area contributed by atoms with E-state index < -0.39 is 0 Å². The van der Waals surface area contributed by atoms with Gasteiger partial charge >= 0.3 is 0 Å². The molecule has 0 amide bonds. The third-order valence-corrected chi connectivity index (χ3v) is 2.30. The first-order valence-electron chi connectivity index (χ1n) is 4.30. The van der Waals surface area contributed by atoms with Crippen LogP contribution in [0.15, 0.2) is 12.4 Å². The monoisotopic (exact) mass is 146 g/mol. The highest BCUT2D eigenvalue weighted by Crippen LogP contribution is 2.18. The van der Waals surface area contributed by atoms with Crippen molar-refractivity contribution in [1.29, 1.82) is 0 Å². The van der Waals surface area contributed by atoms with Gasteiger partial charge in [-0.15, -0.1) is 0 Å². The number of aryl methyl sites for hydroxylation is 2. The average molecular weight is 146 g/mol. The minimum Gasteiger partial charge on any atom is -0.264 e. The third kappa shape index (κ3) is 1.42. The summed E-state index contributed by atoms with van der Waals surface area (Å²) >= 11 is 0. The molecule has 11 heavy (non-hydrogen) atoms. The molecule has 1 nitrogen and oxygen atoms in total. The molecular formula is C10H12N. The highest BCUT2D eigenvalue weighted by atomic mass is 14.6. The van der Waals surface area contributed by atoms with Crippen molar-refractivity contribution in [3.05, 3.63) is 29.6 Å². The summed E-state index contributed by atoms with van der Waals surface area (Å²) in [6.45, 7) is 0. The lowest BCUT2D eigenvalue weighted by Crippen LogP contribution is -1.91. The van der Waals surface area contributed by atoms with Gasteiger partial charge < -0.3 is 0 Å². The number of aromatic nitrogens is 1. The van der Waals surface area contributed by atoms with Gasteiger partial charge in [0.15, 0.2) is 0 Å². The maximum Gasteiger partial charge on any atom is 0.0350 e. The summed E-state index contributed by atoms with van der Waals surface area (Å²) < 4.78 is 0. The molecule has 0 aliphatic heterocycles. The summed E-state index contributed by atoms with van der Waals surface area (Å²) in [6, 6.07) is 3.22. The van der Waals surface area contributed by atoms with Crippen molar-refractivity contribution in [3.63, 3.8) is 0 Å². The van der Waals surface area contributed by atoms with E-state index in [2.05, 4.69) is 11.1 Å². The van der Waals surface area contributed by atoms with Gasteiger partial charge in [0, 0.05) is 18.5 Å². The van der Waals surface area contributed by atoms with Gasteiger partial charge in [-0.1, -0.05) is 6.42 Å². The van der Waals surface area contributed by atoms with Gasteiger partial charge in [0.25, 0.3) is 0 Å². The minimum atomic E-state index is 1.21. The van der Waals surface area contributed by atoms with E-state index in [0.717, 1.165) is 0 Å². The second-order valence-electron chi connectivity index (χ2n) is 3.12. The normalized spacial score (nSPS) is 17.1. The third-order valence-electron chi connectivity index (χ3n) is 2.30. The Morgan fingerprint density at radius 3 is 3.09 bits per heavy atom. The lowest BCUT2D eigenvalue weighted by atomic mass is 10.1. The lowest BCUT2D eigenvalue weighted by molar-refractivity contribution is 0.711. The summed E-state index contributed by atoms with van der Waals surface area (Å²) in [7, 11) is 0. The van der Waals surface area contributed by atoms with Crippen molar-refractivity contribution < 1.29 is 0 Å². The fourth-order valence-corrected chi connectivity index (χ4v) is 1.66. The average Bonchev–Trinajstić information content (AvgIpc) is 2.28. The number of rotatable bonds is 0. The van der Waals surface area contributed by atoms with E-state index >= 15 is 0 Å². The van der Waals surface area contributed by atoms with Crippen LogP contribution in [-0.4, -0.2) is 4.98 Å². The molecular weight excluding hydrogens is 134 g/mol. The highest BCUT2D eigenvalue weighted by molar-refractivity contribution is 5.23. The van der Waals surface area contributed by atoms with Crippen LogP contribution in [-0.2, 0) is 12.8 Å². The first-order chi connectivity index (χ1) is 5.47. The molecule has 1 aromatic rings. The molecule has 0 fully saturated rings. The van der Waals surface area contributed by atoms with E-state index in [0.29, 0.717) is 0 Å². The molecule has 0 bridgehead atoms. The molecule has 2 rings (SSSR count). The quantitative estimate of drug-likeness (QED) is 0.511. The van der Waals surface area contributed by atoms with Crippen LogP contribution in [0.25, 0.3) is 0 Å². The topological polar surface area (TPSA) is 12.9 Å². The Morgan fingerprint density at radius 2 is 2.09 bits per heavy atom. The highest BCUT2D eigenvalue weighted by Gasteiger charge is 2.06. The Kier molecular flexibility index (Phi) is 1.89. The number of nitrogens with zero attached hydrogens (tertiary/aromatic N) is 1. The van der Waals surface area contributed by atoms with Crippen LogP contribution in [0.1, 0.15) is 30.4 Å². The van der Waals surface area contributed by atoms with Crippen LogP contribution in [0.5, 0.6) is 0 Å². The summed E-state index contributed by atoms with van der Waals surface area (Å²) in [4.78, 5) is 4.08. The predicted molar refractivity (Wildman–Crippen MR) is 44.3 cm³/mol. The molecule has 1 radical (unpaired) electrons. The van der Waals surface area contributed by atoms with Crippen LogP contribution in [0.2, 0.25) is 0 Å². The summed E-state index contributed by atoms with van der Waals surface area (Å²) in [5, 5.41) is 0. The molecule has 0 saturated heterocycles. The van der Waals surface area contributed by atoms with E-state index in [1.807, 2.05) is 6.20 Å². The van der Waals surface area contributed by atoms with Gasteiger partial charge in [-0.3, -0.25) is 4.98 Å². The summed E-state index contributed by atoms with van der Waals surface area (Å²) in [5.41, 5.74) is 2.82. The lowest BCUT2D eigenvalue weighted by Gasteiger charge is -2.00. The molecule has 57 valence electrons. The SMILES string of the molecule is [c]1cncc2c1CCCCC2. The Hall–Kier alpha value is -0.850. The van der Waals surface area contributed by atoms with E-state index in [4.69, 9.17) is 0 Å². The molecule has 0 aromatic carbocycles. The van der Waals surface area contributed by atoms with Gasteiger partial charge in [0.1, 0.15) is 0 Å². The van der Waals surface area contributed by atoms with Gasteiger partial charge in [0.2, 0.25) is 0 Å². The number of fused-ring (bicyclic) bond motifs is 1. The second-order valence-corrected chi connectivity index (χ2v) is 3.12. The van der Waals surface area contributed by atoms with Crippen LogP contribution in [0.3, 0.4) is 0 Å². The van der Waals surface area contributed by atoms with Crippen molar-refractivity contribution in [1.82, 2.24) is 4.98 Å². The van der Waals surface area contributed by atoms with E-state index in [1.54, 1.807) is 6.20 Å². The molecule has 1 aliphatic rings.